The number of hydrogen-bond acceptors (Lipinski definition) is 1. The maximum absolute atomic E-state index is 3.21. The molecule has 0 radical (unpaired) electrons. The number of unbranched alkanes of at least 4 members (excludes halogenated alkanes) is 4. The molecule has 76 valence electrons. The molecular weight excluding hydrogens is 158 g/mol. The van der Waals surface area contributed by atoms with Gasteiger partial charge in [0.15, 0.2) is 0 Å². The van der Waals surface area contributed by atoms with E-state index in [4.69, 9.17) is 0 Å². The normalized spacial score (nSPS) is 11.5. The van der Waals surface area contributed by atoms with Crippen molar-refractivity contribution in [2.75, 3.05) is 6.54 Å². The molecule has 0 aliphatic carbocycles. The summed E-state index contributed by atoms with van der Waals surface area (Å²) < 4.78 is 0. The largest absolute Gasteiger partial charge is 0.388 e. The molecule has 0 saturated carbocycles. The quantitative estimate of drug-likeness (QED) is 0.445. The van der Waals surface area contributed by atoms with E-state index >= 15 is 0 Å². The van der Waals surface area contributed by atoms with Gasteiger partial charge in [0, 0.05) is 6.54 Å². The molecular formula is C12H23N. The van der Waals surface area contributed by atoms with Gasteiger partial charge in [-0.2, -0.15) is 0 Å². The third-order valence-electron chi connectivity index (χ3n) is 1.93. The molecule has 1 N–H and O–H groups in total. The highest BCUT2D eigenvalue weighted by atomic mass is 14.8. The van der Waals surface area contributed by atoms with Gasteiger partial charge in [0.2, 0.25) is 0 Å². The summed E-state index contributed by atoms with van der Waals surface area (Å²) in [7, 11) is 0. The predicted molar refractivity (Wildman–Crippen MR) is 60.7 cm³/mol. The monoisotopic (exact) mass is 181 g/mol. The van der Waals surface area contributed by atoms with Crippen LogP contribution in [0.2, 0.25) is 0 Å². The summed E-state index contributed by atoms with van der Waals surface area (Å²) in [5.41, 5.74) is 0. The average Bonchev–Trinajstić information content (AvgIpc) is 2.16. The Labute approximate surface area is 82.9 Å². The first-order valence-corrected chi connectivity index (χ1v) is 5.41. The molecule has 0 atom stereocenters. The van der Waals surface area contributed by atoms with Gasteiger partial charge in [0.05, 0.1) is 0 Å². The Morgan fingerprint density at radius 1 is 1.08 bits per heavy atom. The van der Waals surface area contributed by atoms with Crippen LogP contribution in [0.5, 0.6) is 0 Å². The Balaban J connectivity index is 3.03. The lowest BCUT2D eigenvalue weighted by Crippen LogP contribution is -2.02. The fraction of sp³-hybridized carbons (Fsp3) is 0.667. The predicted octanol–water partition coefficient (Wildman–Crippen LogP) is 3.64. The second-order valence-electron chi connectivity index (χ2n) is 3.23. The van der Waals surface area contributed by atoms with Crippen molar-refractivity contribution in [3.63, 3.8) is 0 Å². The van der Waals surface area contributed by atoms with Gasteiger partial charge < -0.3 is 5.32 Å². The Bertz CT molecular complexity index is 136. The first-order valence-electron chi connectivity index (χ1n) is 5.41. The van der Waals surface area contributed by atoms with Gasteiger partial charge in [-0.25, -0.2) is 0 Å². The molecule has 0 heterocycles. The zero-order valence-electron chi connectivity index (χ0n) is 9.05. The van der Waals surface area contributed by atoms with Crippen LogP contribution in [0.25, 0.3) is 0 Å². The number of rotatable bonds is 8. The maximum Gasteiger partial charge on any atom is 0.0325 e. The molecule has 0 aromatic heterocycles. The molecule has 0 amide bonds. The van der Waals surface area contributed by atoms with Crippen molar-refractivity contribution in [3.8, 4) is 0 Å². The van der Waals surface area contributed by atoms with Gasteiger partial charge in [0.25, 0.3) is 0 Å². The maximum atomic E-state index is 3.21. The van der Waals surface area contributed by atoms with E-state index in [9.17, 15) is 0 Å². The Morgan fingerprint density at radius 3 is 2.62 bits per heavy atom. The Morgan fingerprint density at radius 2 is 1.92 bits per heavy atom. The van der Waals surface area contributed by atoms with Gasteiger partial charge in [-0.1, -0.05) is 44.4 Å². The van der Waals surface area contributed by atoms with Crippen LogP contribution in [0.4, 0.5) is 0 Å². The summed E-state index contributed by atoms with van der Waals surface area (Å²) in [5.74, 6) is 0. The lowest BCUT2D eigenvalue weighted by atomic mass is 10.1. The highest BCUT2D eigenvalue weighted by molar-refractivity contribution is 4.85. The van der Waals surface area contributed by atoms with Crippen molar-refractivity contribution in [2.24, 2.45) is 0 Å². The van der Waals surface area contributed by atoms with Crippen molar-refractivity contribution < 1.29 is 0 Å². The van der Waals surface area contributed by atoms with E-state index < -0.39 is 0 Å². The molecule has 0 fully saturated rings. The lowest BCUT2D eigenvalue weighted by molar-refractivity contribution is 0.673. The third-order valence-corrected chi connectivity index (χ3v) is 1.93. The van der Waals surface area contributed by atoms with E-state index in [0.717, 1.165) is 6.54 Å². The first-order chi connectivity index (χ1) is 6.41. The minimum absolute atomic E-state index is 0.946. The van der Waals surface area contributed by atoms with Crippen LogP contribution in [0, 0.1) is 0 Å². The van der Waals surface area contributed by atoms with Gasteiger partial charge in [0.1, 0.15) is 0 Å². The molecule has 0 aromatic carbocycles. The second-order valence-corrected chi connectivity index (χ2v) is 3.23. The van der Waals surface area contributed by atoms with Crippen molar-refractivity contribution in [1.82, 2.24) is 5.32 Å². The van der Waals surface area contributed by atoms with Crippen LogP contribution in [-0.2, 0) is 0 Å². The standard InChI is InChI=1S/C12H23N/c1-3-5-7-8-9-10-12-13-11-6-4-2/h4,6,10,12-13H,3,5,7-9,11H2,1-2H3. The van der Waals surface area contributed by atoms with Crippen LogP contribution in [0.1, 0.15) is 46.0 Å². The molecule has 0 rings (SSSR count). The SMILES string of the molecule is CC=CCNC=CCCCCCC. The minimum Gasteiger partial charge on any atom is -0.388 e. The van der Waals surface area contributed by atoms with Crippen molar-refractivity contribution >= 4 is 0 Å². The van der Waals surface area contributed by atoms with Crippen LogP contribution in [-0.4, -0.2) is 6.54 Å². The van der Waals surface area contributed by atoms with E-state index in [1.54, 1.807) is 0 Å². The van der Waals surface area contributed by atoms with Crippen molar-refractivity contribution in [3.05, 3.63) is 24.4 Å². The van der Waals surface area contributed by atoms with Gasteiger partial charge in [-0.05, 0) is 26.0 Å². The average molecular weight is 181 g/mol. The van der Waals surface area contributed by atoms with E-state index in [2.05, 4.69) is 36.7 Å². The topological polar surface area (TPSA) is 12.0 Å². The molecule has 1 heteroatoms. The summed E-state index contributed by atoms with van der Waals surface area (Å²) >= 11 is 0. The molecule has 1 nitrogen and oxygen atoms in total. The third kappa shape index (κ3) is 11.3. The Hall–Kier alpha value is -0.720. The summed E-state index contributed by atoms with van der Waals surface area (Å²) in [6, 6.07) is 0. The highest BCUT2D eigenvalue weighted by Gasteiger charge is 1.83. The van der Waals surface area contributed by atoms with E-state index in [0.29, 0.717) is 0 Å². The van der Waals surface area contributed by atoms with Crippen molar-refractivity contribution in [2.45, 2.75) is 46.0 Å². The fourth-order valence-corrected chi connectivity index (χ4v) is 1.11. The zero-order chi connectivity index (χ0) is 9.78. The molecule has 0 aliphatic rings. The second kappa shape index (κ2) is 11.3. The molecule has 0 aromatic rings. The van der Waals surface area contributed by atoms with Crippen LogP contribution < -0.4 is 5.32 Å². The number of allylic oxidation sites excluding steroid dienone is 2. The molecule has 0 unspecified atom stereocenters. The van der Waals surface area contributed by atoms with Crippen LogP contribution >= 0.6 is 0 Å². The number of nitrogens with one attached hydrogen (secondary N) is 1. The first kappa shape index (κ1) is 12.3. The minimum atomic E-state index is 0.946. The van der Waals surface area contributed by atoms with E-state index in [1.807, 2.05) is 6.92 Å². The molecule has 0 spiro atoms. The summed E-state index contributed by atoms with van der Waals surface area (Å²) in [6.45, 7) is 5.23. The Kier molecular flexibility index (Phi) is 10.7. The molecule has 0 bridgehead atoms. The van der Waals surface area contributed by atoms with Crippen LogP contribution in [0.3, 0.4) is 0 Å². The summed E-state index contributed by atoms with van der Waals surface area (Å²) in [5, 5.41) is 3.21. The van der Waals surface area contributed by atoms with Crippen molar-refractivity contribution in [1.29, 1.82) is 0 Å². The number of hydrogen-bond donors (Lipinski definition) is 1. The summed E-state index contributed by atoms with van der Waals surface area (Å²) in [6.07, 6.45) is 15.1. The molecule has 13 heavy (non-hydrogen) atoms. The van der Waals surface area contributed by atoms with E-state index in [1.165, 1.54) is 32.1 Å². The molecule has 0 aliphatic heterocycles. The zero-order valence-corrected chi connectivity index (χ0v) is 9.05. The molecule has 0 saturated heterocycles. The van der Waals surface area contributed by atoms with Gasteiger partial charge in [-0.15, -0.1) is 0 Å². The van der Waals surface area contributed by atoms with Crippen LogP contribution in [0.15, 0.2) is 24.4 Å². The lowest BCUT2D eigenvalue weighted by Gasteiger charge is -1.95. The van der Waals surface area contributed by atoms with Gasteiger partial charge >= 0.3 is 0 Å². The summed E-state index contributed by atoms with van der Waals surface area (Å²) in [4.78, 5) is 0. The smallest absolute Gasteiger partial charge is 0.0325 e. The van der Waals surface area contributed by atoms with Gasteiger partial charge in [-0.3, -0.25) is 0 Å². The highest BCUT2D eigenvalue weighted by Crippen LogP contribution is 2.02. The van der Waals surface area contributed by atoms with E-state index in [-0.39, 0.29) is 0 Å². The fourth-order valence-electron chi connectivity index (χ4n) is 1.11.